The third kappa shape index (κ3) is 2.94. The molecule has 0 aliphatic heterocycles. The molecule has 3 heteroatoms. The first kappa shape index (κ1) is 24.5. The lowest BCUT2D eigenvalue weighted by Crippen LogP contribution is -2.23. The zero-order chi connectivity index (χ0) is 28.9. The Morgan fingerprint density at radius 3 is 1.32 bits per heavy atom. The molecular formula is C38H33NO2. The summed E-state index contributed by atoms with van der Waals surface area (Å²) in [5.41, 5.74) is 4.35. The predicted molar refractivity (Wildman–Crippen MR) is 175 cm³/mol. The molecule has 1 heterocycles. The Labute approximate surface area is 238 Å². The summed E-state index contributed by atoms with van der Waals surface area (Å²) < 4.78 is 1.42. The maximum Gasteiger partial charge on any atom is 0.266 e. The highest BCUT2D eigenvalue weighted by molar-refractivity contribution is 6.48. The van der Waals surface area contributed by atoms with Crippen molar-refractivity contribution in [1.29, 1.82) is 0 Å². The molecule has 8 aromatic rings. The van der Waals surface area contributed by atoms with Crippen molar-refractivity contribution in [3.8, 4) is 5.69 Å². The SMILES string of the molecule is Cc1cc(C)cc(-n2c(=O)c3c4cc(C(C)(C)C)c5ccc6ccc7c(C(C)(C)C)cc(c3c2=O)c2c7c6c5c42)c1. The van der Waals surface area contributed by atoms with E-state index in [-0.39, 0.29) is 21.9 Å². The molecule has 0 unspecified atom stereocenters. The maximum atomic E-state index is 14.5. The third-order valence-electron chi connectivity index (χ3n) is 9.34. The molecule has 0 saturated carbocycles. The number of benzene rings is 6. The van der Waals surface area contributed by atoms with Gasteiger partial charge in [0.1, 0.15) is 0 Å². The minimum Gasteiger partial charge on any atom is -0.268 e. The van der Waals surface area contributed by atoms with E-state index < -0.39 is 0 Å². The molecule has 0 aliphatic carbocycles. The molecular weight excluding hydrogens is 502 g/mol. The Morgan fingerprint density at radius 2 is 0.902 bits per heavy atom. The Balaban J connectivity index is 1.76. The summed E-state index contributed by atoms with van der Waals surface area (Å²) in [6, 6.07) is 19.4. The van der Waals surface area contributed by atoms with Crippen LogP contribution in [-0.2, 0) is 10.8 Å². The fraction of sp³-hybridized carbons (Fsp3) is 0.263. The summed E-state index contributed by atoms with van der Waals surface area (Å²) in [5, 5.41) is 12.6. The molecule has 202 valence electrons. The lowest BCUT2D eigenvalue weighted by atomic mass is 9.80. The van der Waals surface area contributed by atoms with Gasteiger partial charge in [0.25, 0.3) is 11.1 Å². The van der Waals surface area contributed by atoms with E-state index in [1.54, 1.807) is 0 Å². The summed E-state index contributed by atoms with van der Waals surface area (Å²) in [7, 11) is 0. The smallest absolute Gasteiger partial charge is 0.266 e. The molecule has 3 nitrogen and oxygen atoms in total. The number of aryl methyl sites for hydroxylation is 2. The van der Waals surface area contributed by atoms with Crippen LogP contribution in [0.5, 0.6) is 0 Å². The van der Waals surface area contributed by atoms with Crippen LogP contribution in [-0.4, -0.2) is 4.57 Å². The Kier molecular flexibility index (Phi) is 4.39. The van der Waals surface area contributed by atoms with Gasteiger partial charge in [0.15, 0.2) is 0 Å². The second kappa shape index (κ2) is 7.33. The van der Waals surface area contributed by atoms with E-state index in [0.29, 0.717) is 16.5 Å². The van der Waals surface area contributed by atoms with E-state index in [1.807, 2.05) is 26.0 Å². The first-order chi connectivity index (χ1) is 19.3. The number of aromatic nitrogens is 1. The molecule has 0 atom stereocenters. The first-order valence-electron chi connectivity index (χ1n) is 14.5. The van der Waals surface area contributed by atoms with E-state index in [2.05, 4.69) is 84.0 Å². The highest BCUT2D eigenvalue weighted by Crippen LogP contribution is 2.53. The average molecular weight is 536 g/mol. The molecule has 1 aromatic heterocycles. The highest BCUT2D eigenvalue weighted by atomic mass is 16.2. The van der Waals surface area contributed by atoms with Gasteiger partial charge >= 0.3 is 0 Å². The van der Waals surface area contributed by atoms with Crippen molar-refractivity contribution in [3.05, 3.63) is 97.6 Å². The van der Waals surface area contributed by atoms with Crippen LogP contribution < -0.4 is 11.1 Å². The van der Waals surface area contributed by atoms with Crippen molar-refractivity contribution in [3.63, 3.8) is 0 Å². The van der Waals surface area contributed by atoms with Crippen molar-refractivity contribution in [2.45, 2.75) is 66.2 Å². The van der Waals surface area contributed by atoms with Crippen LogP contribution in [0.2, 0.25) is 0 Å². The zero-order valence-electron chi connectivity index (χ0n) is 25.0. The number of fused-ring (bicyclic) bond motifs is 3. The van der Waals surface area contributed by atoms with E-state index in [9.17, 15) is 9.59 Å². The molecule has 8 rings (SSSR count). The Hall–Kier alpha value is -4.24. The molecule has 0 radical (unpaired) electrons. The van der Waals surface area contributed by atoms with Crippen LogP contribution in [0.25, 0.3) is 70.3 Å². The van der Waals surface area contributed by atoms with Crippen LogP contribution >= 0.6 is 0 Å². The molecule has 0 bridgehead atoms. The van der Waals surface area contributed by atoms with Gasteiger partial charge in [-0.05, 0) is 125 Å². The van der Waals surface area contributed by atoms with Gasteiger partial charge in [-0.1, -0.05) is 71.9 Å². The molecule has 0 N–H and O–H groups in total. The second-order valence-corrected chi connectivity index (χ2v) is 14.3. The van der Waals surface area contributed by atoms with Gasteiger partial charge < -0.3 is 0 Å². The van der Waals surface area contributed by atoms with E-state index in [4.69, 9.17) is 0 Å². The van der Waals surface area contributed by atoms with Crippen molar-refractivity contribution >= 4 is 64.6 Å². The van der Waals surface area contributed by atoms with Crippen LogP contribution in [0.15, 0.2) is 64.2 Å². The van der Waals surface area contributed by atoms with Crippen LogP contribution in [0.1, 0.15) is 63.8 Å². The first-order valence-corrected chi connectivity index (χ1v) is 14.5. The zero-order valence-corrected chi connectivity index (χ0v) is 25.0. The molecule has 41 heavy (non-hydrogen) atoms. The molecule has 0 aliphatic rings. The van der Waals surface area contributed by atoms with Gasteiger partial charge in [-0.15, -0.1) is 0 Å². The molecule has 0 spiro atoms. The van der Waals surface area contributed by atoms with Gasteiger partial charge in [0, 0.05) is 0 Å². The largest absolute Gasteiger partial charge is 0.268 e. The predicted octanol–water partition coefficient (Wildman–Crippen LogP) is 9.08. The molecule has 0 fully saturated rings. The van der Waals surface area contributed by atoms with Crippen molar-refractivity contribution in [1.82, 2.24) is 4.57 Å². The second-order valence-electron chi connectivity index (χ2n) is 14.3. The van der Waals surface area contributed by atoms with Crippen LogP contribution in [0.3, 0.4) is 0 Å². The van der Waals surface area contributed by atoms with E-state index >= 15 is 0 Å². The summed E-state index contributed by atoms with van der Waals surface area (Å²) in [5.74, 6) is 0. The summed E-state index contributed by atoms with van der Waals surface area (Å²) >= 11 is 0. The van der Waals surface area contributed by atoms with Gasteiger partial charge in [-0.25, -0.2) is 4.57 Å². The number of hydrogen-bond donors (Lipinski definition) is 0. The fourth-order valence-corrected chi connectivity index (χ4v) is 7.74. The summed E-state index contributed by atoms with van der Waals surface area (Å²) in [6.07, 6.45) is 0. The van der Waals surface area contributed by atoms with E-state index in [0.717, 1.165) is 32.7 Å². The minimum absolute atomic E-state index is 0.151. The lowest BCUT2D eigenvalue weighted by Gasteiger charge is -2.23. The molecule has 0 amide bonds. The van der Waals surface area contributed by atoms with Crippen molar-refractivity contribution < 1.29 is 0 Å². The monoisotopic (exact) mass is 535 g/mol. The normalized spacial score (nSPS) is 13.6. The third-order valence-corrected chi connectivity index (χ3v) is 9.34. The fourth-order valence-electron chi connectivity index (χ4n) is 7.74. The van der Waals surface area contributed by atoms with Crippen molar-refractivity contribution in [2.24, 2.45) is 0 Å². The molecule has 0 saturated heterocycles. The quantitative estimate of drug-likeness (QED) is 0.197. The topological polar surface area (TPSA) is 39.1 Å². The highest BCUT2D eigenvalue weighted by Gasteiger charge is 2.32. The Bertz CT molecular complexity index is 2320. The molecule has 7 aromatic carbocycles. The maximum absolute atomic E-state index is 14.5. The van der Waals surface area contributed by atoms with Gasteiger partial charge in [0.05, 0.1) is 16.5 Å². The van der Waals surface area contributed by atoms with Gasteiger partial charge in [-0.2, -0.15) is 0 Å². The number of rotatable bonds is 1. The van der Waals surface area contributed by atoms with Gasteiger partial charge in [-0.3, -0.25) is 9.59 Å². The number of nitrogens with zero attached hydrogens (tertiary/aromatic N) is 1. The summed E-state index contributed by atoms with van der Waals surface area (Å²) in [4.78, 5) is 29.0. The number of hydrogen-bond acceptors (Lipinski definition) is 2. The van der Waals surface area contributed by atoms with Crippen LogP contribution in [0, 0.1) is 13.8 Å². The van der Waals surface area contributed by atoms with Crippen LogP contribution in [0.4, 0.5) is 0 Å². The average Bonchev–Trinajstić information content (AvgIpc) is 3.37. The lowest BCUT2D eigenvalue weighted by molar-refractivity contribution is 0.596. The Morgan fingerprint density at radius 1 is 0.488 bits per heavy atom. The van der Waals surface area contributed by atoms with Gasteiger partial charge in [0.2, 0.25) is 0 Å². The van der Waals surface area contributed by atoms with E-state index in [1.165, 1.54) is 48.0 Å². The minimum atomic E-state index is -0.225. The van der Waals surface area contributed by atoms with Crippen molar-refractivity contribution in [2.75, 3.05) is 0 Å². The standard InChI is InChI=1S/C38H33NO2/c1-18-13-19(2)15-21(14-18)39-35(40)33-24-16-26(37(3,4)5)22-11-9-20-10-12-23-27(38(6,7)8)17-25(34(33)36(39)41)32-30(23)28(20)29(22)31(24)32/h9-17H,1-8H3. The summed E-state index contributed by atoms with van der Waals surface area (Å²) in [6.45, 7) is 17.4.